The lowest BCUT2D eigenvalue weighted by molar-refractivity contribution is 0.0620. The molecule has 0 unspecified atom stereocenters. The molecular weight excluding hydrogens is 366 g/mol. The molecule has 1 aromatic heterocycles. The van der Waals surface area contributed by atoms with Crippen LogP contribution in [0.2, 0.25) is 0 Å². The van der Waals surface area contributed by atoms with Crippen molar-refractivity contribution < 1.29 is 9.53 Å². The van der Waals surface area contributed by atoms with Crippen LogP contribution in [0.3, 0.4) is 0 Å². The Hall–Kier alpha value is -2.09. The first-order valence-corrected chi connectivity index (χ1v) is 9.16. The van der Waals surface area contributed by atoms with Gasteiger partial charge in [0.25, 0.3) is 5.91 Å². The lowest BCUT2D eigenvalue weighted by atomic mass is 10.1. The molecule has 0 atom stereocenters. The van der Waals surface area contributed by atoms with Gasteiger partial charge in [-0.1, -0.05) is 18.2 Å². The highest BCUT2D eigenvalue weighted by Gasteiger charge is 2.28. The predicted molar refractivity (Wildman–Crippen MR) is 105 cm³/mol. The second-order valence-electron chi connectivity index (χ2n) is 6.84. The lowest BCUT2D eigenvalue weighted by Gasteiger charge is -2.34. The largest absolute Gasteiger partial charge is 0.496 e. The highest BCUT2D eigenvalue weighted by atomic mass is 35.5. The average molecular weight is 392 g/mol. The van der Waals surface area contributed by atoms with Crippen LogP contribution in [0.15, 0.2) is 24.3 Å². The monoisotopic (exact) mass is 391 g/mol. The molecule has 146 valence electrons. The summed E-state index contributed by atoms with van der Waals surface area (Å²) < 4.78 is 5.44. The van der Waals surface area contributed by atoms with E-state index in [1.54, 1.807) is 7.11 Å². The van der Waals surface area contributed by atoms with Crippen LogP contribution in [-0.4, -0.2) is 65.7 Å². The maximum Gasteiger partial charge on any atom is 0.274 e. The number of benzene rings is 1. The summed E-state index contributed by atoms with van der Waals surface area (Å²) in [6, 6.07) is 8.11. The van der Waals surface area contributed by atoms with E-state index < -0.39 is 0 Å². The van der Waals surface area contributed by atoms with Gasteiger partial charge in [0.1, 0.15) is 5.75 Å². The van der Waals surface area contributed by atoms with E-state index in [2.05, 4.69) is 26.5 Å². The Labute approximate surface area is 165 Å². The molecule has 2 aliphatic rings. The lowest BCUT2D eigenvalue weighted by Crippen LogP contribution is -2.48. The molecule has 7 nitrogen and oxygen atoms in total. The van der Waals surface area contributed by atoms with Gasteiger partial charge in [-0.3, -0.25) is 14.8 Å². The van der Waals surface area contributed by atoms with Gasteiger partial charge in [-0.2, -0.15) is 5.10 Å². The Morgan fingerprint density at radius 2 is 2.00 bits per heavy atom. The molecule has 1 amide bonds. The molecule has 0 bridgehead atoms. The average Bonchev–Trinajstić information content (AvgIpc) is 3.12. The summed E-state index contributed by atoms with van der Waals surface area (Å²) in [6.07, 6.45) is 0.905. The Morgan fingerprint density at radius 1 is 1.22 bits per heavy atom. The normalized spacial score (nSPS) is 17.1. The molecule has 4 rings (SSSR count). The number of carbonyl (C=O) groups excluding carboxylic acids is 1. The van der Waals surface area contributed by atoms with E-state index in [-0.39, 0.29) is 18.3 Å². The second kappa shape index (κ2) is 8.73. The van der Waals surface area contributed by atoms with Crippen molar-refractivity contribution in [2.45, 2.75) is 19.5 Å². The third kappa shape index (κ3) is 4.10. The summed E-state index contributed by atoms with van der Waals surface area (Å²) in [7, 11) is 1.70. The number of ether oxygens (including phenoxy) is 1. The number of aromatic amines is 1. The van der Waals surface area contributed by atoms with Crippen LogP contribution < -0.4 is 10.1 Å². The number of hydrogen-bond donors (Lipinski definition) is 2. The van der Waals surface area contributed by atoms with Gasteiger partial charge < -0.3 is 15.0 Å². The number of fused-ring (bicyclic) bond motifs is 1. The van der Waals surface area contributed by atoms with Crippen molar-refractivity contribution in [3.05, 3.63) is 46.8 Å². The van der Waals surface area contributed by atoms with Gasteiger partial charge >= 0.3 is 0 Å². The van der Waals surface area contributed by atoms with E-state index in [1.807, 2.05) is 23.1 Å². The van der Waals surface area contributed by atoms with Crippen molar-refractivity contribution in [3.8, 4) is 5.75 Å². The zero-order chi connectivity index (χ0) is 17.9. The number of halogens is 1. The van der Waals surface area contributed by atoms with Crippen LogP contribution in [0.4, 0.5) is 0 Å². The maximum atomic E-state index is 12.9. The number of H-pyrrole nitrogens is 1. The molecule has 0 saturated carbocycles. The third-order valence-corrected chi connectivity index (χ3v) is 5.25. The number of para-hydroxylation sites is 1. The van der Waals surface area contributed by atoms with E-state index in [1.165, 1.54) is 5.56 Å². The van der Waals surface area contributed by atoms with E-state index >= 15 is 0 Å². The molecule has 1 fully saturated rings. The standard InChI is InChI=1S/C19H25N5O2.ClH/c1-26-17-5-3-2-4-14(17)13-23-8-10-24(11-9-23)19(25)18-15-12-20-7-6-16(15)21-22-18;/h2-5,20H,6-13H2,1H3,(H,21,22);1H. The summed E-state index contributed by atoms with van der Waals surface area (Å²) in [4.78, 5) is 17.2. The minimum atomic E-state index is 0. The van der Waals surface area contributed by atoms with Crippen LogP contribution in [0.25, 0.3) is 0 Å². The number of piperazine rings is 1. The molecule has 0 spiro atoms. The first-order chi connectivity index (χ1) is 12.8. The van der Waals surface area contributed by atoms with Crippen molar-refractivity contribution in [2.75, 3.05) is 39.8 Å². The van der Waals surface area contributed by atoms with Crippen molar-refractivity contribution >= 4 is 18.3 Å². The second-order valence-corrected chi connectivity index (χ2v) is 6.84. The fourth-order valence-corrected chi connectivity index (χ4v) is 3.74. The van der Waals surface area contributed by atoms with Crippen LogP contribution in [0, 0.1) is 0 Å². The number of carbonyl (C=O) groups is 1. The SMILES string of the molecule is COc1ccccc1CN1CCN(C(=O)c2n[nH]c3c2CNCC3)CC1.Cl. The smallest absolute Gasteiger partial charge is 0.274 e. The van der Waals surface area contributed by atoms with E-state index in [9.17, 15) is 4.79 Å². The van der Waals surface area contributed by atoms with Crippen molar-refractivity contribution in [1.29, 1.82) is 0 Å². The minimum absolute atomic E-state index is 0. The molecule has 1 aromatic carbocycles. The van der Waals surface area contributed by atoms with Gasteiger partial charge in [0.15, 0.2) is 5.69 Å². The molecule has 2 aliphatic heterocycles. The van der Waals surface area contributed by atoms with E-state index in [4.69, 9.17) is 4.74 Å². The van der Waals surface area contributed by atoms with Gasteiger partial charge in [0.2, 0.25) is 0 Å². The molecule has 2 N–H and O–H groups in total. The summed E-state index contributed by atoms with van der Waals surface area (Å²) >= 11 is 0. The molecule has 2 aromatic rings. The Balaban J connectivity index is 0.00000210. The van der Waals surface area contributed by atoms with Crippen LogP contribution in [-0.2, 0) is 19.5 Å². The molecule has 1 saturated heterocycles. The number of aromatic nitrogens is 2. The summed E-state index contributed by atoms with van der Waals surface area (Å²) in [5.74, 6) is 0.963. The topological polar surface area (TPSA) is 73.5 Å². The number of nitrogens with zero attached hydrogens (tertiary/aromatic N) is 3. The molecule has 3 heterocycles. The fourth-order valence-electron chi connectivity index (χ4n) is 3.74. The number of amides is 1. The predicted octanol–water partition coefficient (Wildman–Crippen LogP) is 1.44. The number of nitrogens with one attached hydrogen (secondary N) is 2. The summed E-state index contributed by atoms with van der Waals surface area (Å²) in [6.45, 7) is 5.66. The Morgan fingerprint density at radius 3 is 2.78 bits per heavy atom. The van der Waals surface area contributed by atoms with Crippen molar-refractivity contribution in [2.24, 2.45) is 0 Å². The zero-order valence-electron chi connectivity index (χ0n) is 15.5. The fraction of sp³-hybridized carbons (Fsp3) is 0.474. The highest BCUT2D eigenvalue weighted by Crippen LogP contribution is 2.21. The molecule has 0 aliphatic carbocycles. The minimum Gasteiger partial charge on any atom is -0.496 e. The quantitative estimate of drug-likeness (QED) is 0.825. The zero-order valence-corrected chi connectivity index (χ0v) is 16.3. The van der Waals surface area contributed by atoms with E-state index in [0.717, 1.165) is 69.2 Å². The number of methoxy groups -OCH3 is 1. The van der Waals surface area contributed by atoms with Crippen molar-refractivity contribution in [1.82, 2.24) is 25.3 Å². The van der Waals surface area contributed by atoms with Gasteiger partial charge in [0, 0.05) is 69.1 Å². The summed E-state index contributed by atoms with van der Waals surface area (Å²) in [5, 5.41) is 10.7. The van der Waals surface area contributed by atoms with Gasteiger partial charge in [0.05, 0.1) is 7.11 Å². The first kappa shape index (κ1) is 19.7. The van der Waals surface area contributed by atoms with Crippen LogP contribution >= 0.6 is 12.4 Å². The molecule has 8 heteroatoms. The highest BCUT2D eigenvalue weighted by molar-refractivity contribution is 5.94. The Kier molecular flexibility index (Phi) is 6.36. The van der Waals surface area contributed by atoms with Crippen LogP contribution in [0.5, 0.6) is 5.75 Å². The van der Waals surface area contributed by atoms with E-state index in [0.29, 0.717) is 5.69 Å². The van der Waals surface area contributed by atoms with Gasteiger partial charge in [-0.05, 0) is 6.07 Å². The van der Waals surface area contributed by atoms with Gasteiger partial charge in [-0.15, -0.1) is 12.4 Å². The molecule has 27 heavy (non-hydrogen) atoms. The van der Waals surface area contributed by atoms with Crippen molar-refractivity contribution in [3.63, 3.8) is 0 Å². The summed E-state index contributed by atoms with van der Waals surface area (Å²) in [5.41, 5.74) is 3.91. The number of rotatable bonds is 4. The Bertz CT molecular complexity index is 786. The number of hydrogen-bond acceptors (Lipinski definition) is 5. The maximum absolute atomic E-state index is 12.9. The molecular formula is C19H26ClN5O2. The third-order valence-electron chi connectivity index (χ3n) is 5.25. The first-order valence-electron chi connectivity index (χ1n) is 9.16. The van der Waals surface area contributed by atoms with Gasteiger partial charge in [-0.25, -0.2) is 0 Å². The van der Waals surface area contributed by atoms with Crippen LogP contribution in [0.1, 0.15) is 27.3 Å². The molecule has 0 radical (unpaired) electrons.